The quantitative estimate of drug-likeness (QED) is 0.592. The fourth-order valence-electron chi connectivity index (χ4n) is 2.71. The second kappa shape index (κ2) is 8.81. The molecule has 3 aromatic rings. The summed E-state index contributed by atoms with van der Waals surface area (Å²) in [6, 6.07) is 15.2. The molecule has 0 saturated heterocycles. The lowest BCUT2D eigenvalue weighted by atomic mass is 10.1. The van der Waals surface area contributed by atoms with Crippen LogP contribution in [0.25, 0.3) is 0 Å². The lowest BCUT2D eigenvalue weighted by molar-refractivity contribution is 0.0785. The number of carbonyl (C=O) groups is 1. The van der Waals surface area contributed by atoms with Crippen molar-refractivity contribution in [2.45, 2.75) is 11.4 Å². The monoisotopic (exact) mass is 450 g/mol. The zero-order valence-corrected chi connectivity index (χ0v) is 17.3. The lowest BCUT2D eigenvalue weighted by Crippen LogP contribution is -2.26. The molecule has 0 atom stereocenters. The molecule has 3 rings (SSSR count). The topological polar surface area (TPSA) is 66.5 Å². The zero-order valence-electron chi connectivity index (χ0n) is 15.8. The van der Waals surface area contributed by atoms with Crippen molar-refractivity contribution in [1.82, 2.24) is 4.90 Å². The van der Waals surface area contributed by atoms with E-state index in [0.29, 0.717) is 23.2 Å². The molecule has 1 amide bonds. The largest absolute Gasteiger partial charge is 0.337 e. The third-order valence-corrected chi connectivity index (χ3v) is 6.05. The van der Waals surface area contributed by atoms with Crippen LogP contribution in [0.1, 0.15) is 15.9 Å². The Bertz CT molecular complexity index is 1190. The van der Waals surface area contributed by atoms with Crippen LogP contribution in [0.4, 0.5) is 14.5 Å². The number of sulfonamides is 1. The second-order valence-corrected chi connectivity index (χ2v) is 8.60. The molecular weight excluding hydrogens is 434 g/mol. The van der Waals surface area contributed by atoms with Crippen LogP contribution in [-0.4, -0.2) is 26.3 Å². The van der Waals surface area contributed by atoms with Crippen LogP contribution < -0.4 is 4.72 Å². The van der Waals surface area contributed by atoms with Gasteiger partial charge in [-0.3, -0.25) is 9.52 Å². The first-order chi connectivity index (χ1) is 14.2. The molecule has 0 bridgehead atoms. The third kappa shape index (κ3) is 4.95. The predicted molar refractivity (Wildman–Crippen MR) is 111 cm³/mol. The average molecular weight is 451 g/mol. The van der Waals surface area contributed by atoms with Gasteiger partial charge in [-0.05, 0) is 54.1 Å². The van der Waals surface area contributed by atoms with Crippen LogP contribution in [0, 0.1) is 11.6 Å². The summed E-state index contributed by atoms with van der Waals surface area (Å²) >= 11 is 6.12. The molecule has 0 saturated carbocycles. The Morgan fingerprint density at radius 2 is 1.67 bits per heavy atom. The summed E-state index contributed by atoms with van der Waals surface area (Å²) in [7, 11) is -2.48. The molecule has 0 unspecified atom stereocenters. The van der Waals surface area contributed by atoms with Gasteiger partial charge >= 0.3 is 0 Å². The molecule has 0 spiro atoms. The molecule has 30 heavy (non-hydrogen) atoms. The number of benzene rings is 3. The van der Waals surface area contributed by atoms with E-state index in [1.165, 1.54) is 29.2 Å². The molecule has 0 aromatic heterocycles. The van der Waals surface area contributed by atoms with E-state index >= 15 is 0 Å². The highest BCUT2D eigenvalue weighted by Gasteiger charge is 2.18. The second-order valence-electron chi connectivity index (χ2n) is 6.51. The van der Waals surface area contributed by atoms with E-state index in [0.717, 1.165) is 17.7 Å². The highest BCUT2D eigenvalue weighted by molar-refractivity contribution is 7.92. The number of hydrogen-bond acceptors (Lipinski definition) is 3. The van der Waals surface area contributed by atoms with Crippen molar-refractivity contribution in [2.24, 2.45) is 0 Å². The maximum atomic E-state index is 13.3. The van der Waals surface area contributed by atoms with Crippen molar-refractivity contribution in [1.29, 1.82) is 0 Å². The smallest absolute Gasteiger partial charge is 0.261 e. The Balaban J connectivity index is 1.71. The van der Waals surface area contributed by atoms with Gasteiger partial charge in [0.25, 0.3) is 15.9 Å². The van der Waals surface area contributed by atoms with Crippen LogP contribution in [0.15, 0.2) is 71.6 Å². The van der Waals surface area contributed by atoms with Gasteiger partial charge in [0.15, 0.2) is 11.6 Å². The van der Waals surface area contributed by atoms with Gasteiger partial charge in [0.05, 0.1) is 4.90 Å². The van der Waals surface area contributed by atoms with Crippen molar-refractivity contribution in [3.63, 3.8) is 0 Å². The normalized spacial score (nSPS) is 11.2. The first kappa shape index (κ1) is 21.7. The van der Waals surface area contributed by atoms with Crippen LogP contribution in [0.5, 0.6) is 0 Å². The predicted octanol–water partition coefficient (Wildman–Crippen LogP) is 4.69. The van der Waals surface area contributed by atoms with E-state index in [2.05, 4.69) is 4.72 Å². The van der Waals surface area contributed by atoms with E-state index in [1.54, 1.807) is 19.2 Å². The highest BCUT2D eigenvalue weighted by atomic mass is 35.5. The van der Waals surface area contributed by atoms with Gasteiger partial charge in [0.2, 0.25) is 0 Å². The molecule has 0 radical (unpaired) electrons. The zero-order chi connectivity index (χ0) is 21.9. The van der Waals surface area contributed by atoms with Crippen molar-refractivity contribution < 1.29 is 22.0 Å². The Kier molecular flexibility index (Phi) is 6.38. The summed E-state index contributed by atoms with van der Waals surface area (Å²) in [4.78, 5) is 13.7. The van der Waals surface area contributed by atoms with Gasteiger partial charge in [0, 0.05) is 29.9 Å². The summed E-state index contributed by atoms with van der Waals surface area (Å²) in [5.74, 6) is -2.68. The van der Waals surface area contributed by atoms with Crippen molar-refractivity contribution >= 4 is 33.2 Å². The van der Waals surface area contributed by atoms with E-state index in [4.69, 9.17) is 11.6 Å². The molecule has 0 aliphatic rings. The fourth-order valence-corrected chi connectivity index (χ4v) is 3.98. The van der Waals surface area contributed by atoms with Crippen LogP contribution in [0.3, 0.4) is 0 Å². The number of nitrogens with zero attached hydrogens (tertiary/aromatic N) is 1. The minimum absolute atomic E-state index is 0.171. The third-order valence-electron chi connectivity index (χ3n) is 4.30. The molecule has 1 N–H and O–H groups in total. The molecule has 5 nitrogen and oxygen atoms in total. The summed E-state index contributed by atoms with van der Waals surface area (Å²) < 4.78 is 53.3. The summed E-state index contributed by atoms with van der Waals surface area (Å²) in [5, 5.41) is 0.555. The number of anilines is 1. The average Bonchev–Trinajstić information content (AvgIpc) is 2.71. The summed E-state index contributed by atoms with van der Waals surface area (Å²) in [6.07, 6.45) is 0. The molecule has 0 heterocycles. The van der Waals surface area contributed by atoms with E-state index in [-0.39, 0.29) is 11.6 Å². The Morgan fingerprint density at radius 1 is 1.00 bits per heavy atom. The fraction of sp³-hybridized carbons (Fsp3) is 0.0952. The van der Waals surface area contributed by atoms with Crippen LogP contribution >= 0.6 is 11.6 Å². The first-order valence-corrected chi connectivity index (χ1v) is 10.6. The van der Waals surface area contributed by atoms with E-state index in [9.17, 15) is 22.0 Å². The maximum Gasteiger partial charge on any atom is 0.261 e. The number of hydrogen-bond donors (Lipinski definition) is 1. The lowest BCUT2D eigenvalue weighted by Gasteiger charge is -2.18. The number of halogens is 3. The Labute approximate surface area is 178 Å². The molecule has 0 fully saturated rings. The van der Waals surface area contributed by atoms with Crippen molar-refractivity contribution in [2.75, 3.05) is 11.8 Å². The summed E-state index contributed by atoms with van der Waals surface area (Å²) in [5.41, 5.74) is 1.32. The summed E-state index contributed by atoms with van der Waals surface area (Å²) in [6.45, 7) is 0.309. The SMILES string of the molecule is CN(Cc1ccccc1Cl)C(=O)c1ccc(NS(=O)(=O)c2ccc(F)c(F)c2)cc1. The number of rotatable bonds is 6. The van der Waals surface area contributed by atoms with Gasteiger partial charge in [-0.25, -0.2) is 17.2 Å². The van der Waals surface area contributed by atoms with Crippen molar-refractivity contribution in [3.05, 3.63) is 94.5 Å². The molecular formula is C21H17ClF2N2O3S. The molecule has 9 heteroatoms. The molecule has 3 aromatic carbocycles. The minimum Gasteiger partial charge on any atom is -0.337 e. The van der Waals surface area contributed by atoms with Gasteiger partial charge in [-0.15, -0.1) is 0 Å². The van der Waals surface area contributed by atoms with E-state index in [1.807, 2.05) is 12.1 Å². The molecule has 0 aliphatic heterocycles. The van der Waals surface area contributed by atoms with Crippen molar-refractivity contribution in [3.8, 4) is 0 Å². The number of nitrogens with one attached hydrogen (secondary N) is 1. The maximum absolute atomic E-state index is 13.3. The first-order valence-electron chi connectivity index (χ1n) is 8.74. The number of carbonyl (C=O) groups excluding carboxylic acids is 1. The minimum atomic E-state index is -4.11. The Morgan fingerprint density at radius 3 is 2.30 bits per heavy atom. The van der Waals surface area contributed by atoms with Crippen LogP contribution in [-0.2, 0) is 16.6 Å². The van der Waals surface area contributed by atoms with E-state index < -0.39 is 26.6 Å². The molecule has 0 aliphatic carbocycles. The van der Waals surface area contributed by atoms with Gasteiger partial charge in [0.1, 0.15) is 0 Å². The highest BCUT2D eigenvalue weighted by Crippen LogP contribution is 2.20. The van der Waals surface area contributed by atoms with Gasteiger partial charge < -0.3 is 4.90 Å². The van der Waals surface area contributed by atoms with Gasteiger partial charge in [-0.1, -0.05) is 29.8 Å². The van der Waals surface area contributed by atoms with Crippen LogP contribution in [0.2, 0.25) is 5.02 Å². The number of amides is 1. The Hall–Kier alpha value is -2.97. The molecule has 156 valence electrons. The van der Waals surface area contributed by atoms with Gasteiger partial charge in [-0.2, -0.15) is 0 Å². The standard InChI is InChI=1S/C21H17ClF2N2O3S/c1-26(13-15-4-2-3-5-18(15)22)21(27)14-6-8-16(9-7-14)25-30(28,29)17-10-11-19(23)20(24)12-17/h2-12,25H,13H2,1H3.